The molecule has 2 heteroatoms. The number of rotatable bonds is 5. The Labute approximate surface area is 109 Å². The number of carbonyl (C=O) groups excluding carboxylic acids is 1. The van der Waals surface area contributed by atoms with Crippen LogP contribution in [0.15, 0.2) is 18.2 Å². The van der Waals surface area contributed by atoms with Crippen LogP contribution in [0.1, 0.15) is 67.6 Å². The van der Waals surface area contributed by atoms with Gasteiger partial charge in [0.05, 0.1) is 0 Å². The summed E-state index contributed by atoms with van der Waals surface area (Å²) in [5.41, 5.74) is 4.28. The first-order valence-electron chi connectivity index (χ1n) is 7.16. The van der Waals surface area contributed by atoms with Crippen molar-refractivity contribution in [3.05, 3.63) is 34.9 Å². The second-order valence-corrected chi connectivity index (χ2v) is 5.69. The van der Waals surface area contributed by atoms with Crippen molar-refractivity contribution in [2.45, 2.75) is 57.4 Å². The molecule has 2 aliphatic carbocycles. The average Bonchev–Trinajstić information content (AvgIpc) is 3.27. The minimum absolute atomic E-state index is 0.139. The molecule has 96 valence electrons. The van der Waals surface area contributed by atoms with E-state index in [1.54, 1.807) is 0 Å². The van der Waals surface area contributed by atoms with E-state index in [0.29, 0.717) is 13.0 Å². The van der Waals surface area contributed by atoms with E-state index in [1.165, 1.54) is 42.4 Å². The van der Waals surface area contributed by atoms with Gasteiger partial charge in [-0.15, -0.1) is 0 Å². The highest BCUT2D eigenvalue weighted by Crippen LogP contribution is 2.45. The third-order valence-corrected chi connectivity index (χ3v) is 3.95. The Hall–Kier alpha value is -1.31. The number of hydrogen-bond acceptors (Lipinski definition) is 1. The van der Waals surface area contributed by atoms with E-state index >= 15 is 0 Å². The third kappa shape index (κ3) is 2.74. The monoisotopic (exact) mass is 243 g/mol. The van der Waals surface area contributed by atoms with Gasteiger partial charge in [0.25, 0.3) is 0 Å². The van der Waals surface area contributed by atoms with E-state index in [4.69, 9.17) is 0 Å². The molecule has 0 unspecified atom stereocenters. The van der Waals surface area contributed by atoms with Crippen LogP contribution in [0.5, 0.6) is 0 Å². The maximum absolute atomic E-state index is 11.3. The highest BCUT2D eigenvalue weighted by atomic mass is 16.1. The van der Waals surface area contributed by atoms with Gasteiger partial charge in [-0.1, -0.05) is 25.1 Å². The first kappa shape index (κ1) is 11.8. The summed E-state index contributed by atoms with van der Waals surface area (Å²) >= 11 is 0. The Bertz CT molecular complexity index is 428. The van der Waals surface area contributed by atoms with Crippen molar-refractivity contribution in [2.75, 3.05) is 0 Å². The Kier molecular flexibility index (Phi) is 3.11. The lowest BCUT2D eigenvalue weighted by atomic mass is 10.00. The summed E-state index contributed by atoms with van der Waals surface area (Å²) < 4.78 is 0. The fourth-order valence-corrected chi connectivity index (χ4v) is 2.48. The lowest BCUT2D eigenvalue weighted by Crippen LogP contribution is -2.21. The summed E-state index contributed by atoms with van der Waals surface area (Å²) in [5, 5.41) is 2.98. The van der Waals surface area contributed by atoms with Gasteiger partial charge < -0.3 is 5.32 Å². The molecule has 1 N–H and O–H groups in total. The molecule has 0 heterocycles. The zero-order valence-electron chi connectivity index (χ0n) is 11.0. The summed E-state index contributed by atoms with van der Waals surface area (Å²) in [5.74, 6) is 1.73. The Morgan fingerprint density at radius 3 is 2.11 bits per heavy atom. The predicted molar refractivity (Wildman–Crippen MR) is 72.5 cm³/mol. The van der Waals surface area contributed by atoms with Crippen molar-refractivity contribution in [3.63, 3.8) is 0 Å². The van der Waals surface area contributed by atoms with Gasteiger partial charge in [-0.05, 0) is 54.2 Å². The van der Waals surface area contributed by atoms with Crippen molar-refractivity contribution in [2.24, 2.45) is 0 Å². The highest BCUT2D eigenvalue weighted by Gasteiger charge is 2.28. The standard InChI is InChI=1S/C16H21NO/c1-2-16(18)17-10-11-7-14(12-3-4-12)9-15(8-11)13-5-6-13/h7-9,12-13H,2-6,10H2,1H3,(H,17,18). The second kappa shape index (κ2) is 4.75. The average molecular weight is 243 g/mol. The van der Waals surface area contributed by atoms with Crippen LogP contribution in [-0.4, -0.2) is 5.91 Å². The second-order valence-electron chi connectivity index (χ2n) is 5.69. The lowest BCUT2D eigenvalue weighted by Gasteiger charge is -2.10. The van der Waals surface area contributed by atoms with Crippen molar-refractivity contribution in [3.8, 4) is 0 Å². The van der Waals surface area contributed by atoms with Gasteiger partial charge in [-0.2, -0.15) is 0 Å². The van der Waals surface area contributed by atoms with E-state index in [-0.39, 0.29) is 5.91 Å². The van der Waals surface area contributed by atoms with E-state index in [1.807, 2.05) is 6.92 Å². The number of amides is 1. The summed E-state index contributed by atoms with van der Waals surface area (Å²) in [4.78, 5) is 11.3. The first-order chi connectivity index (χ1) is 8.76. The molecule has 1 amide bonds. The minimum Gasteiger partial charge on any atom is -0.352 e. The van der Waals surface area contributed by atoms with Crippen LogP contribution >= 0.6 is 0 Å². The molecular weight excluding hydrogens is 222 g/mol. The van der Waals surface area contributed by atoms with Gasteiger partial charge in [0.1, 0.15) is 0 Å². The van der Waals surface area contributed by atoms with Crippen molar-refractivity contribution < 1.29 is 4.79 Å². The molecule has 2 nitrogen and oxygen atoms in total. The summed E-state index contributed by atoms with van der Waals surface area (Å²) in [6.07, 6.45) is 5.94. The smallest absolute Gasteiger partial charge is 0.219 e. The van der Waals surface area contributed by atoms with E-state index < -0.39 is 0 Å². The molecule has 0 aliphatic heterocycles. The number of nitrogens with one attached hydrogen (secondary N) is 1. The summed E-state index contributed by atoms with van der Waals surface area (Å²) in [7, 11) is 0. The highest BCUT2D eigenvalue weighted by molar-refractivity contribution is 5.75. The fraction of sp³-hybridized carbons (Fsp3) is 0.562. The maximum Gasteiger partial charge on any atom is 0.219 e. The van der Waals surface area contributed by atoms with Crippen LogP contribution in [0.4, 0.5) is 0 Å². The van der Waals surface area contributed by atoms with Crippen molar-refractivity contribution >= 4 is 5.91 Å². The minimum atomic E-state index is 0.139. The van der Waals surface area contributed by atoms with Crippen molar-refractivity contribution in [1.82, 2.24) is 5.32 Å². The molecule has 0 bridgehead atoms. The van der Waals surface area contributed by atoms with E-state index in [0.717, 1.165) is 11.8 Å². The van der Waals surface area contributed by atoms with Crippen LogP contribution in [0.25, 0.3) is 0 Å². The Morgan fingerprint density at radius 2 is 1.67 bits per heavy atom. The Morgan fingerprint density at radius 1 is 1.11 bits per heavy atom. The zero-order chi connectivity index (χ0) is 12.5. The van der Waals surface area contributed by atoms with Crippen LogP contribution in [0.2, 0.25) is 0 Å². The Balaban J connectivity index is 1.76. The molecule has 2 saturated carbocycles. The molecule has 18 heavy (non-hydrogen) atoms. The summed E-state index contributed by atoms with van der Waals surface area (Å²) in [6, 6.07) is 6.99. The quantitative estimate of drug-likeness (QED) is 0.843. The number of carbonyl (C=O) groups is 1. The number of hydrogen-bond donors (Lipinski definition) is 1. The molecule has 0 aromatic heterocycles. The molecule has 3 rings (SSSR count). The number of benzene rings is 1. The summed E-state index contributed by atoms with van der Waals surface area (Å²) in [6.45, 7) is 2.58. The molecule has 2 aliphatic rings. The van der Waals surface area contributed by atoms with Gasteiger partial charge in [0.2, 0.25) is 5.91 Å². The fourth-order valence-electron chi connectivity index (χ4n) is 2.48. The normalized spacial score (nSPS) is 18.7. The molecule has 0 saturated heterocycles. The van der Waals surface area contributed by atoms with Gasteiger partial charge in [-0.25, -0.2) is 0 Å². The maximum atomic E-state index is 11.3. The van der Waals surface area contributed by atoms with Crippen LogP contribution in [-0.2, 0) is 11.3 Å². The van der Waals surface area contributed by atoms with E-state index in [9.17, 15) is 4.79 Å². The molecule has 0 atom stereocenters. The van der Waals surface area contributed by atoms with Crippen LogP contribution in [0, 0.1) is 0 Å². The first-order valence-corrected chi connectivity index (χ1v) is 7.16. The molecule has 1 aromatic carbocycles. The van der Waals surface area contributed by atoms with Gasteiger partial charge in [0, 0.05) is 13.0 Å². The van der Waals surface area contributed by atoms with Crippen LogP contribution in [0.3, 0.4) is 0 Å². The molecular formula is C16H21NO. The van der Waals surface area contributed by atoms with Gasteiger partial charge >= 0.3 is 0 Å². The van der Waals surface area contributed by atoms with Gasteiger partial charge in [-0.3, -0.25) is 4.79 Å². The largest absolute Gasteiger partial charge is 0.352 e. The lowest BCUT2D eigenvalue weighted by molar-refractivity contribution is -0.120. The van der Waals surface area contributed by atoms with E-state index in [2.05, 4.69) is 23.5 Å². The molecule has 0 spiro atoms. The van der Waals surface area contributed by atoms with Crippen molar-refractivity contribution in [1.29, 1.82) is 0 Å². The molecule has 2 fully saturated rings. The zero-order valence-corrected chi connectivity index (χ0v) is 11.0. The van der Waals surface area contributed by atoms with Gasteiger partial charge in [0.15, 0.2) is 0 Å². The molecule has 0 radical (unpaired) electrons. The topological polar surface area (TPSA) is 29.1 Å². The van der Waals surface area contributed by atoms with Crippen LogP contribution < -0.4 is 5.32 Å². The third-order valence-electron chi connectivity index (χ3n) is 3.95. The predicted octanol–water partition coefficient (Wildman–Crippen LogP) is 3.47. The molecule has 1 aromatic rings. The SMILES string of the molecule is CCC(=O)NCc1cc(C2CC2)cc(C2CC2)c1.